The quantitative estimate of drug-likeness (QED) is 0.214. The summed E-state index contributed by atoms with van der Waals surface area (Å²) < 4.78 is 0. The third-order valence-electron chi connectivity index (χ3n) is 5.98. The fourth-order valence-corrected chi connectivity index (χ4v) is 4.61. The summed E-state index contributed by atoms with van der Waals surface area (Å²) in [5.74, 6) is 0.00613. The van der Waals surface area contributed by atoms with Crippen LogP contribution in [-0.4, -0.2) is 9.91 Å². The highest BCUT2D eigenvalue weighted by Gasteiger charge is 2.24. The predicted molar refractivity (Wildman–Crippen MR) is 133 cm³/mol. The molecule has 0 fully saturated rings. The highest BCUT2D eigenvalue weighted by Crippen LogP contribution is 2.38. The van der Waals surface area contributed by atoms with E-state index in [2.05, 4.69) is 53.5 Å². The standard InChI is InChI=1S/C28H21ClN2O2/c29-22-13-16-24-25(17-19-11-14-23(15-12-19)31(32)33)28(30-26(24)18-22)27(20-7-3-1-4-8-20)21-9-5-2-6-10-21/h1-16,18,27,30H,17H2. The lowest BCUT2D eigenvalue weighted by molar-refractivity contribution is -0.384. The maximum absolute atomic E-state index is 11.1. The lowest BCUT2D eigenvalue weighted by atomic mass is 9.85. The average molecular weight is 453 g/mol. The molecule has 0 spiro atoms. The zero-order chi connectivity index (χ0) is 22.8. The molecule has 0 bridgehead atoms. The normalized spacial score (nSPS) is 11.2. The van der Waals surface area contributed by atoms with Gasteiger partial charge in [-0.3, -0.25) is 10.1 Å². The van der Waals surface area contributed by atoms with Crippen LogP contribution in [0, 0.1) is 10.1 Å². The molecule has 162 valence electrons. The van der Waals surface area contributed by atoms with Crippen molar-refractivity contribution >= 4 is 28.2 Å². The SMILES string of the molecule is O=[N+]([O-])c1ccc(Cc2c(C(c3ccccc3)c3ccccc3)[nH]c3cc(Cl)ccc23)cc1. The molecule has 0 radical (unpaired) electrons. The van der Waals surface area contributed by atoms with Crippen molar-refractivity contribution in [2.45, 2.75) is 12.3 Å². The van der Waals surface area contributed by atoms with E-state index in [0.29, 0.717) is 11.4 Å². The van der Waals surface area contributed by atoms with Crippen LogP contribution >= 0.6 is 11.6 Å². The summed E-state index contributed by atoms with van der Waals surface area (Å²) in [5.41, 5.74) is 6.72. The van der Waals surface area contributed by atoms with Gasteiger partial charge in [0.2, 0.25) is 0 Å². The molecular weight excluding hydrogens is 432 g/mol. The number of halogens is 1. The number of hydrogen-bond acceptors (Lipinski definition) is 2. The molecule has 0 amide bonds. The Morgan fingerprint density at radius 2 is 1.42 bits per heavy atom. The zero-order valence-corrected chi connectivity index (χ0v) is 18.5. The third kappa shape index (κ3) is 4.26. The Kier molecular flexibility index (Phi) is 5.68. The van der Waals surface area contributed by atoms with Gasteiger partial charge in [0, 0.05) is 39.7 Å². The summed E-state index contributed by atoms with van der Waals surface area (Å²) in [5, 5.41) is 12.9. The molecule has 4 aromatic carbocycles. The minimum atomic E-state index is -0.371. The van der Waals surface area contributed by atoms with Crippen molar-refractivity contribution in [3.8, 4) is 0 Å². The van der Waals surface area contributed by atoms with Crippen LogP contribution in [0.15, 0.2) is 103 Å². The van der Waals surface area contributed by atoms with Gasteiger partial charge >= 0.3 is 0 Å². The molecule has 0 saturated heterocycles. The first-order chi connectivity index (χ1) is 16.1. The number of rotatable bonds is 6. The van der Waals surface area contributed by atoms with Gasteiger partial charge in [0.15, 0.2) is 0 Å². The zero-order valence-electron chi connectivity index (χ0n) is 17.7. The van der Waals surface area contributed by atoms with Gasteiger partial charge in [-0.05, 0) is 40.8 Å². The average Bonchev–Trinajstić information content (AvgIpc) is 3.17. The summed E-state index contributed by atoms with van der Waals surface area (Å²) >= 11 is 6.32. The first-order valence-corrected chi connectivity index (χ1v) is 11.1. The molecule has 1 N–H and O–H groups in total. The van der Waals surface area contributed by atoms with Gasteiger partial charge in [0.05, 0.1) is 4.92 Å². The number of fused-ring (bicyclic) bond motifs is 1. The van der Waals surface area contributed by atoms with Crippen molar-refractivity contribution in [1.82, 2.24) is 4.98 Å². The Balaban J connectivity index is 1.70. The van der Waals surface area contributed by atoms with Crippen LogP contribution in [0.4, 0.5) is 5.69 Å². The Bertz CT molecular complexity index is 1370. The van der Waals surface area contributed by atoms with E-state index in [1.807, 2.05) is 42.5 Å². The molecule has 1 heterocycles. The van der Waals surface area contributed by atoms with Crippen LogP contribution in [-0.2, 0) is 6.42 Å². The van der Waals surface area contributed by atoms with Crippen molar-refractivity contribution in [3.05, 3.63) is 146 Å². The van der Waals surface area contributed by atoms with Crippen LogP contribution in [0.5, 0.6) is 0 Å². The van der Waals surface area contributed by atoms with E-state index in [1.165, 1.54) is 11.1 Å². The number of aromatic amines is 1. The van der Waals surface area contributed by atoms with Gasteiger partial charge in [0.25, 0.3) is 5.69 Å². The number of benzene rings is 4. The largest absolute Gasteiger partial charge is 0.357 e. The molecule has 1 aromatic heterocycles. The number of nitro benzene ring substituents is 1. The first-order valence-electron chi connectivity index (χ1n) is 10.7. The molecule has 33 heavy (non-hydrogen) atoms. The van der Waals surface area contributed by atoms with Gasteiger partial charge in [-0.15, -0.1) is 0 Å². The van der Waals surface area contributed by atoms with Crippen molar-refractivity contribution in [1.29, 1.82) is 0 Å². The van der Waals surface area contributed by atoms with E-state index >= 15 is 0 Å². The summed E-state index contributed by atoms with van der Waals surface area (Å²) in [6.07, 6.45) is 0.644. The molecule has 0 aliphatic carbocycles. The number of aromatic nitrogens is 1. The molecule has 0 aliphatic heterocycles. The van der Waals surface area contributed by atoms with Crippen molar-refractivity contribution in [2.75, 3.05) is 0 Å². The van der Waals surface area contributed by atoms with Crippen LogP contribution in [0.2, 0.25) is 5.02 Å². The van der Waals surface area contributed by atoms with E-state index in [-0.39, 0.29) is 16.5 Å². The van der Waals surface area contributed by atoms with E-state index in [9.17, 15) is 10.1 Å². The summed E-state index contributed by atoms with van der Waals surface area (Å²) in [6, 6.07) is 33.5. The highest BCUT2D eigenvalue weighted by molar-refractivity contribution is 6.31. The second kappa shape index (κ2) is 8.93. The smallest absolute Gasteiger partial charge is 0.269 e. The fraction of sp³-hybridized carbons (Fsp3) is 0.0714. The number of hydrogen-bond donors (Lipinski definition) is 1. The fourth-order valence-electron chi connectivity index (χ4n) is 4.44. The van der Waals surface area contributed by atoms with Crippen molar-refractivity contribution < 1.29 is 4.92 Å². The summed E-state index contributed by atoms with van der Waals surface area (Å²) in [7, 11) is 0. The summed E-state index contributed by atoms with van der Waals surface area (Å²) in [6.45, 7) is 0. The van der Waals surface area contributed by atoms with Gasteiger partial charge in [-0.1, -0.05) is 90.5 Å². The number of nitrogens with one attached hydrogen (secondary N) is 1. The molecule has 4 nitrogen and oxygen atoms in total. The van der Waals surface area contributed by atoms with Crippen molar-refractivity contribution in [2.24, 2.45) is 0 Å². The van der Waals surface area contributed by atoms with Crippen LogP contribution in [0.3, 0.4) is 0 Å². The maximum atomic E-state index is 11.1. The van der Waals surface area contributed by atoms with E-state index in [4.69, 9.17) is 11.6 Å². The predicted octanol–water partition coefficient (Wildman–Crippen LogP) is 7.50. The number of nitrogens with zero attached hydrogens (tertiary/aromatic N) is 1. The first kappa shape index (κ1) is 21.0. The molecule has 0 aliphatic rings. The van der Waals surface area contributed by atoms with Gasteiger partial charge in [0.1, 0.15) is 0 Å². The van der Waals surface area contributed by atoms with E-state index < -0.39 is 0 Å². The lowest BCUT2D eigenvalue weighted by Gasteiger charge is -2.19. The molecule has 5 aromatic rings. The van der Waals surface area contributed by atoms with Crippen LogP contribution in [0.1, 0.15) is 33.9 Å². The van der Waals surface area contributed by atoms with Crippen molar-refractivity contribution in [3.63, 3.8) is 0 Å². The third-order valence-corrected chi connectivity index (χ3v) is 6.22. The summed E-state index contributed by atoms with van der Waals surface area (Å²) in [4.78, 5) is 14.4. The Morgan fingerprint density at radius 1 is 0.818 bits per heavy atom. The molecule has 5 rings (SSSR count). The number of non-ortho nitro benzene ring substituents is 1. The minimum Gasteiger partial charge on any atom is -0.357 e. The number of H-pyrrole nitrogens is 1. The van der Waals surface area contributed by atoms with Crippen LogP contribution in [0.25, 0.3) is 10.9 Å². The second-order valence-electron chi connectivity index (χ2n) is 8.06. The molecule has 0 unspecified atom stereocenters. The maximum Gasteiger partial charge on any atom is 0.269 e. The molecule has 0 saturated carbocycles. The minimum absolute atomic E-state index is 0.00613. The topological polar surface area (TPSA) is 58.9 Å². The van der Waals surface area contributed by atoms with Gasteiger partial charge in [-0.2, -0.15) is 0 Å². The Labute approximate surface area is 196 Å². The van der Waals surface area contributed by atoms with E-state index in [0.717, 1.165) is 27.7 Å². The Morgan fingerprint density at radius 3 is 2.00 bits per heavy atom. The van der Waals surface area contributed by atoms with Crippen LogP contribution < -0.4 is 0 Å². The molecule has 5 heteroatoms. The van der Waals surface area contributed by atoms with E-state index in [1.54, 1.807) is 12.1 Å². The van der Waals surface area contributed by atoms with Gasteiger partial charge in [-0.25, -0.2) is 0 Å². The molecular formula is C28H21ClN2O2. The molecule has 0 atom stereocenters. The second-order valence-corrected chi connectivity index (χ2v) is 8.50. The Hall–Kier alpha value is -3.89. The monoisotopic (exact) mass is 452 g/mol. The number of nitro groups is 1. The highest BCUT2D eigenvalue weighted by atomic mass is 35.5. The van der Waals surface area contributed by atoms with Gasteiger partial charge < -0.3 is 4.98 Å². The lowest BCUT2D eigenvalue weighted by Crippen LogP contribution is -2.07.